The number of aliphatic hydroxyl groups is 1. The second kappa shape index (κ2) is 7.05. The van der Waals surface area contributed by atoms with E-state index in [2.05, 4.69) is 24.1 Å². The molecule has 2 aliphatic carbocycles. The van der Waals surface area contributed by atoms with Gasteiger partial charge in [-0.3, -0.25) is 4.90 Å². The zero-order chi connectivity index (χ0) is 13.7. The third-order valence-electron chi connectivity index (χ3n) is 5.36. The van der Waals surface area contributed by atoms with Gasteiger partial charge in [-0.15, -0.1) is 0 Å². The fourth-order valence-corrected chi connectivity index (χ4v) is 3.13. The lowest BCUT2D eigenvalue weighted by Crippen LogP contribution is -2.50. The predicted octanol–water partition coefficient (Wildman–Crippen LogP) is 2.39. The number of rotatable bonds is 10. The summed E-state index contributed by atoms with van der Waals surface area (Å²) in [7, 11) is 0. The first kappa shape index (κ1) is 15.3. The van der Waals surface area contributed by atoms with Crippen molar-refractivity contribution < 1.29 is 5.11 Å². The summed E-state index contributed by atoms with van der Waals surface area (Å²) >= 11 is 0. The summed E-state index contributed by atoms with van der Waals surface area (Å²) in [6, 6.07) is 1.54. The van der Waals surface area contributed by atoms with Gasteiger partial charge < -0.3 is 10.4 Å². The number of nitrogens with one attached hydrogen (secondary N) is 1. The van der Waals surface area contributed by atoms with E-state index in [-0.39, 0.29) is 0 Å². The zero-order valence-electron chi connectivity index (χ0n) is 12.8. The predicted molar refractivity (Wildman–Crippen MR) is 80.3 cm³/mol. The maximum absolute atomic E-state index is 9.32. The molecule has 0 amide bonds. The highest BCUT2D eigenvalue weighted by Crippen LogP contribution is 2.33. The molecule has 2 N–H and O–H groups in total. The Labute approximate surface area is 118 Å². The van der Waals surface area contributed by atoms with Crippen LogP contribution in [0, 0.1) is 5.41 Å². The monoisotopic (exact) mass is 268 g/mol. The summed E-state index contributed by atoms with van der Waals surface area (Å²) in [6.07, 6.45) is 9.24. The Bertz CT molecular complexity index is 257. The van der Waals surface area contributed by atoms with E-state index in [0.717, 1.165) is 31.7 Å². The van der Waals surface area contributed by atoms with Gasteiger partial charge in [-0.05, 0) is 43.9 Å². The van der Waals surface area contributed by atoms with Crippen LogP contribution in [0.5, 0.6) is 0 Å². The van der Waals surface area contributed by atoms with E-state index in [4.69, 9.17) is 0 Å². The molecule has 0 aromatic carbocycles. The van der Waals surface area contributed by atoms with Gasteiger partial charge >= 0.3 is 0 Å². The molecule has 3 heteroatoms. The van der Waals surface area contributed by atoms with Crippen molar-refractivity contribution in [1.29, 1.82) is 0 Å². The Morgan fingerprint density at radius 3 is 2.26 bits per heavy atom. The van der Waals surface area contributed by atoms with Crippen molar-refractivity contribution in [2.75, 3.05) is 26.2 Å². The molecule has 0 heterocycles. The molecular formula is C16H32N2O. The van der Waals surface area contributed by atoms with Crippen LogP contribution in [-0.2, 0) is 0 Å². The molecule has 2 aliphatic rings. The first-order valence-electron chi connectivity index (χ1n) is 8.31. The maximum Gasteiger partial charge on any atom is 0.0558 e. The molecule has 0 spiro atoms. The van der Waals surface area contributed by atoms with Crippen molar-refractivity contribution in [3.63, 3.8) is 0 Å². The molecule has 112 valence electrons. The van der Waals surface area contributed by atoms with E-state index in [1.54, 1.807) is 0 Å². The lowest BCUT2D eigenvalue weighted by atomic mass is 9.80. The van der Waals surface area contributed by atoms with Crippen LogP contribution in [0.1, 0.15) is 58.8 Å². The van der Waals surface area contributed by atoms with Gasteiger partial charge in [0.05, 0.1) is 6.61 Å². The maximum atomic E-state index is 9.32. The van der Waals surface area contributed by atoms with Crippen molar-refractivity contribution in [3.05, 3.63) is 0 Å². The first-order valence-corrected chi connectivity index (χ1v) is 8.31. The van der Waals surface area contributed by atoms with Crippen molar-refractivity contribution in [2.24, 2.45) is 5.41 Å². The molecule has 2 rings (SSSR count). The third-order valence-corrected chi connectivity index (χ3v) is 5.36. The molecule has 0 saturated heterocycles. The Morgan fingerprint density at radius 2 is 1.84 bits per heavy atom. The highest BCUT2D eigenvalue weighted by Gasteiger charge is 2.34. The lowest BCUT2D eigenvalue weighted by Gasteiger charge is -2.44. The van der Waals surface area contributed by atoms with Crippen LogP contribution in [0.2, 0.25) is 0 Å². The summed E-state index contributed by atoms with van der Waals surface area (Å²) in [5.74, 6) is 0. The van der Waals surface area contributed by atoms with Crippen molar-refractivity contribution in [1.82, 2.24) is 10.2 Å². The van der Waals surface area contributed by atoms with Crippen LogP contribution in [0.25, 0.3) is 0 Å². The zero-order valence-corrected chi connectivity index (χ0v) is 12.8. The molecular weight excluding hydrogens is 236 g/mol. The van der Waals surface area contributed by atoms with Gasteiger partial charge in [-0.1, -0.05) is 20.3 Å². The molecule has 2 fully saturated rings. The second-order valence-electron chi connectivity index (χ2n) is 6.64. The van der Waals surface area contributed by atoms with E-state index in [1.807, 2.05) is 0 Å². The number of aliphatic hydroxyl groups excluding tert-OH is 1. The van der Waals surface area contributed by atoms with Crippen molar-refractivity contribution in [2.45, 2.75) is 70.9 Å². The minimum atomic E-state index is 0.302. The molecule has 2 saturated carbocycles. The molecule has 0 aliphatic heterocycles. The Morgan fingerprint density at radius 1 is 1.16 bits per heavy atom. The van der Waals surface area contributed by atoms with Crippen molar-refractivity contribution >= 4 is 0 Å². The normalized spacial score (nSPS) is 20.8. The van der Waals surface area contributed by atoms with Crippen LogP contribution in [-0.4, -0.2) is 48.3 Å². The Kier molecular flexibility index (Phi) is 5.67. The Balaban J connectivity index is 1.90. The summed E-state index contributed by atoms with van der Waals surface area (Å²) in [4.78, 5) is 2.56. The highest BCUT2D eigenvalue weighted by atomic mass is 16.3. The molecule has 0 atom stereocenters. The van der Waals surface area contributed by atoms with Crippen LogP contribution in [0.3, 0.4) is 0 Å². The minimum Gasteiger partial charge on any atom is -0.395 e. The quantitative estimate of drug-likeness (QED) is 0.638. The fourth-order valence-electron chi connectivity index (χ4n) is 3.13. The summed E-state index contributed by atoms with van der Waals surface area (Å²) < 4.78 is 0. The summed E-state index contributed by atoms with van der Waals surface area (Å²) in [5.41, 5.74) is 0.396. The van der Waals surface area contributed by atoms with E-state index in [9.17, 15) is 5.11 Å². The summed E-state index contributed by atoms with van der Waals surface area (Å²) in [6.45, 7) is 8.13. The number of hydrogen-bond donors (Lipinski definition) is 2. The number of nitrogens with zero attached hydrogens (tertiary/aromatic N) is 1. The van der Waals surface area contributed by atoms with Crippen LogP contribution >= 0.6 is 0 Å². The average molecular weight is 268 g/mol. The third kappa shape index (κ3) is 4.17. The standard InChI is InChI=1S/C16H32N2O/c1-3-16(4-2,12-17-14-8-9-14)13-18(10-11-19)15-6-5-7-15/h14-15,17,19H,3-13H2,1-2H3. The Hall–Kier alpha value is -0.120. The summed E-state index contributed by atoms with van der Waals surface area (Å²) in [5, 5.41) is 13.1. The molecule has 0 unspecified atom stereocenters. The van der Waals surface area contributed by atoms with E-state index >= 15 is 0 Å². The minimum absolute atomic E-state index is 0.302. The van der Waals surface area contributed by atoms with Gasteiger partial charge in [0.15, 0.2) is 0 Å². The van der Waals surface area contributed by atoms with E-state index in [0.29, 0.717) is 12.0 Å². The average Bonchev–Trinajstić information content (AvgIpc) is 3.16. The molecule has 0 aromatic rings. The molecule has 0 bridgehead atoms. The number of hydrogen-bond acceptors (Lipinski definition) is 3. The second-order valence-corrected chi connectivity index (χ2v) is 6.64. The van der Waals surface area contributed by atoms with Gasteiger partial charge in [0.25, 0.3) is 0 Å². The van der Waals surface area contributed by atoms with Gasteiger partial charge in [0, 0.05) is 31.7 Å². The smallest absolute Gasteiger partial charge is 0.0558 e. The van der Waals surface area contributed by atoms with E-state index in [1.165, 1.54) is 44.9 Å². The topological polar surface area (TPSA) is 35.5 Å². The van der Waals surface area contributed by atoms with Crippen LogP contribution in [0.15, 0.2) is 0 Å². The molecule has 0 aromatic heterocycles. The van der Waals surface area contributed by atoms with Gasteiger partial charge in [0.2, 0.25) is 0 Å². The first-order chi connectivity index (χ1) is 9.23. The molecule has 3 nitrogen and oxygen atoms in total. The molecule has 0 radical (unpaired) electrons. The van der Waals surface area contributed by atoms with Gasteiger partial charge in [0.1, 0.15) is 0 Å². The van der Waals surface area contributed by atoms with E-state index < -0.39 is 0 Å². The van der Waals surface area contributed by atoms with Crippen LogP contribution < -0.4 is 5.32 Å². The highest BCUT2D eigenvalue weighted by molar-refractivity contribution is 4.91. The molecule has 19 heavy (non-hydrogen) atoms. The SMILES string of the molecule is CCC(CC)(CNC1CC1)CN(CCO)C1CCC1. The lowest BCUT2D eigenvalue weighted by molar-refractivity contribution is 0.0478. The fraction of sp³-hybridized carbons (Fsp3) is 1.00. The van der Waals surface area contributed by atoms with Crippen LogP contribution in [0.4, 0.5) is 0 Å². The van der Waals surface area contributed by atoms with Gasteiger partial charge in [-0.25, -0.2) is 0 Å². The largest absolute Gasteiger partial charge is 0.395 e. The van der Waals surface area contributed by atoms with Crippen molar-refractivity contribution in [3.8, 4) is 0 Å². The van der Waals surface area contributed by atoms with Gasteiger partial charge in [-0.2, -0.15) is 0 Å².